The number of carbonyl (C=O) groups excluding carboxylic acids is 1. The fourth-order valence-corrected chi connectivity index (χ4v) is 2.78. The predicted molar refractivity (Wildman–Crippen MR) is 90.0 cm³/mol. The molecule has 3 rings (SSSR count). The Labute approximate surface area is 147 Å². The Hall–Kier alpha value is -2.22. The highest BCUT2D eigenvalue weighted by Gasteiger charge is 2.34. The molecule has 1 amide bonds. The summed E-state index contributed by atoms with van der Waals surface area (Å²) in [5, 5.41) is 12.5. The quantitative estimate of drug-likeness (QED) is 0.824. The number of nitrogens with zero attached hydrogens (tertiary/aromatic N) is 5. The van der Waals surface area contributed by atoms with Gasteiger partial charge < -0.3 is 14.1 Å². The third kappa shape index (κ3) is 3.89. The van der Waals surface area contributed by atoms with Gasteiger partial charge in [0.1, 0.15) is 6.04 Å². The smallest absolute Gasteiger partial charge is 0.257 e. The molecule has 1 saturated heterocycles. The van der Waals surface area contributed by atoms with Gasteiger partial charge in [-0.05, 0) is 5.92 Å². The van der Waals surface area contributed by atoms with Crippen molar-refractivity contribution in [1.82, 2.24) is 24.9 Å². The molecule has 8 nitrogen and oxygen atoms in total. The van der Waals surface area contributed by atoms with E-state index in [0.29, 0.717) is 43.0 Å². The fraction of sp³-hybridized carbons (Fsp3) is 0.647. The van der Waals surface area contributed by atoms with Gasteiger partial charge in [-0.15, -0.1) is 10.2 Å². The molecule has 0 radical (unpaired) electrons. The first-order valence-electron chi connectivity index (χ1n) is 8.70. The van der Waals surface area contributed by atoms with Gasteiger partial charge in [0.05, 0.1) is 25.0 Å². The van der Waals surface area contributed by atoms with Crippen LogP contribution in [0.15, 0.2) is 16.8 Å². The van der Waals surface area contributed by atoms with E-state index < -0.39 is 0 Å². The Bertz CT molecular complexity index is 721. The van der Waals surface area contributed by atoms with Crippen molar-refractivity contribution in [1.29, 1.82) is 0 Å². The number of aromatic nitrogens is 4. The van der Waals surface area contributed by atoms with Crippen LogP contribution in [0.5, 0.6) is 0 Å². The lowest BCUT2D eigenvalue weighted by molar-refractivity contribution is -0.0107. The molecule has 3 heterocycles. The molecule has 0 spiro atoms. The van der Waals surface area contributed by atoms with Crippen LogP contribution in [0.2, 0.25) is 0 Å². The lowest BCUT2D eigenvalue weighted by Crippen LogP contribution is -2.43. The summed E-state index contributed by atoms with van der Waals surface area (Å²) in [5.74, 6) is 1.51. The molecule has 0 aromatic carbocycles. The van der Waals surface area contributed by atoms with Crippen molar-refractivity contribution in [2.24, 2.45) is 5.92 Å². The van der Waals surface area contributed by atoms with Gasteiger partial charge in [0.2, 0.25) is 11.8 Å². The molecule has 8 heteroatoms. The summed E-state index contributed by atoms with van der Waals surface area (Å²) < 4.78 is 13.1. The fourth-order valence-electron chi connectivity index (χ4n) is 2.78. The van der Waals surface area contributed by atoms with E-state index in [1.807, 2.05) is 13.8 Å². The number of amides is 1. The van der Waals surface area contributed by atoms with Crippen LogP contribution in [0, 0.1) is 5.92 Å². The molecule has 0 unspecified atom stereocenters. The molecule has 0 saturated carbocycles. The number of rotatable bonds is 5. The second-order valence-electron chi connectivity index (χ2n) is 7.07. The average molecular weight is 347 g/mol. The predicted octanol–water partition coefficient (Wildman–Crippen LogP) is 2.26. The molecule has 136 valence electrons. The van der Waals surface area contributed by atoms with Crippen LogP contribution in [0.3, 0.4) is 0 Å². The minimum Gasteiger partial charge on any atom is -0.423 e. The van der Waals surface area contributed by atoms with Gasteiger partial charge in [-0.1, -0.05) is 27.7 Å². The van der Waals surface area contributed by atoms with E-state index in [2.05, 4.69) is 29.1 Å². The highest BCUT2D eigenvalue weighted by Crippen LogP contribution is 2.26. The summed E-state index contributed by atoms with van der Waals surface area (Å²) in [6.07, 6.45) is 3.41. The summed E-state index contributed by atoms with van der Waals surface area (Å²) in [7, 11) is 0. The van der Waals surface area contributed by atoms with Crippen LogP contribution in [-0.2, 0) is 11.3 Å². The Morgan fingerprint density at radius 1 is 1.32 bits per heavy atom. The Balaban J connectivity index is 1.80. The first-order valence-corrected chi connectivity index (χ1v) is 8.70. The largest absolute Gasteiger partial charge is 0.423 e. The summed E-state index contributed by atoms with van der Waals surface area (Å²) in [5.41, 5.74) is 0.566. The van der Waals surface area contributed by atoms with Crippen LogP contribution in [0.1, 0.15) is 61.8 Å². The van der Waals surface area contributed by atoms with Crippen LogP contribution >= 0.6 is 0 Å². The van der Waals surface area contributed by atoms with Gasteiger partial charge in [-0.3, -0.25) is 9.48 Å². The SMILES string of the molecule is CC(C)Cn1cc(C(=O)N2CCOC[C@@H]2c2nnc(C(C)C)o2)cn1. The molecule has 0 aliphatic carbocycles. The van der Waals surface area contributed by atoms with Crippen molar-refractivity contribution in [2.45, 2.75) is 46.2 Å². The van der Waals surface area contributed by atoms with Crippen molar-refractivity contribution < 1.29 is 13.9 Å². The van der Waals surface area contributed by atoms with E-state index in [4.69, 9.17) is 9.15 Å². The monoisotopic (exact) mass is 347 g/mol. The van der Waals surface area contributed by atoms with E-state index in [9.17, 15) is 4.79 Å². The minimum atomic E-state index is -0.366. The second kappa shape index (κ2) is 7.35. The topological polar surface area (TPSA) is 86.3 Å². The number of hydrogen-bond donors (Lipinski definition) is 0. The molecular weight excluding hydrogens is 322 g/mol. The van der Waals surface area contributed by atoms with E-state index >= 15 is 0 Å². The number of hydrogen-bond acceptors (Lipinski definition) is 6. The zero-order valence-corrected chi connectivity index (χ0v) is 15.2. The lowest BCUT2D eigenvalue weighted by atomic mass is 10.2. The first-order chi connectivity index (χ1) is 12.0. The van der Waals surface area contributed by atoms with Crippen molar-refractivity contribution >= 4 is 5.91 Å². The zero-order chi connectivity index (χ0) is 18.0. The Morgan fingerprint density at radius 3 is 2.80 bits per heavy atom. The first kappa shape index (κ1) is 17.6. The van der Waals surface area contributed by atoms with Gasteiger partial charge in [-0.2, -0.15) is 5.10 Å². The Morgan fingerprint density at radius 2 is 2.12 bits per heavy atom. The van der Waals surface area contributed by atoms with Crippen molar-refractivity contribution in [3.8, 4) is 0 Å². The molecular formula is C17H25N5O3. The van der Waals surface area contributed by atoms with E-state index in [1.165, 1.54) is 0 Å². The van der Waals surface area contributed by atoms with Crippen LogP contribution < -0.4 is 0 Å². The molecule has 25 heavy (non-hydrogen) atoms. The molecule has 1 aliphatic heterocycles. The average Bonchev–Trinajstić information content (AvgIpc) is 3.23. The second-order valence-corrected chi connectivity index (χ2v) is 7.07. The van der Waals surface area contributed by atoms with E-state index in [1.54, 1.807) is 22.0 Å². The third-order valence-electron chi connectivity index (χ3n) is 4.06. The molecule has 0 N–H and O–H groups in total. The Kier molecular flexibility index (Phi) is 5.17. The van der Waals surface area contributed by atoms with Gasteiger partial charge >= 0.3 is 0 Å². The molecule has 1 aliphatic rings. The van der Waals surface area contributed by atoms with E-state index in [-0.39, 0.29) is 17.9 Å². The third-order valence-corrected chi connectivity index (χ3v) is 4.06. The number of ether oxygens (including phenoxy) is 1. The lowest BCUT2D eigenvalue weighted by Gasteiger charge is -2.33. The van der Waals surface area contributed by atoms with Crippen molar-refractivity contribution in [3.05, 3.63) is 29.7 Å². The number of carbonyl (C=O) groups is 1. The summed E-state index contributed by atoms with van der Waals surface area (Å²) in [4.78, 5) is 14.7. The van der Waals surface area contributed by atoms with Crippen molar-refractivity contribution in [2.75, 3.05) is 19.8 Å². The maximum absolute atomic E-state index is 13.0. The van der Waals surface area contributed by atoms with Gasteiger partial charge in [0.25, 0.3) is 5.91 Å². The highest BCUT2D eigenvalue weighted by molar-refractivity contribution is 5.94. The number of morpholine rings is 1. The summed E-state index contributed by atoms with van der Waals surface area (Å²) >= 11 is 0. The summed E-state index contributed by atoms with van der Waals surface area (Å²) in [6.45, 7) is 10.3. The van der Waals surface area contributed by atoms with Gasteiger partial charge in [-0.25, -0.2) is 0 Å². The maximum Gasteiger partial charge on any atom is 0.257 e. The molecule has 0 bridgehead atoms. The van der Waals surface area contributed by atoms with E-state index in [0.717, 1.165) is 6.54 Å². The zero-order valence-electron chi connectivity index (χ0n) is 15.2. The molecule has 1 fully saturated rings. The minimum absolute atomic E-state index is 0.0902. The molecule has 2 aromatic rings. The van der Waals surface area contributed by atoms with Gasteiger partial charge in [0, 0.05) is 25.2 Å². The van der Waals surface area contributed by atoms with Crippen LogP contribution in [0.4, 0.5) is 0 Å². The standard InChI is InChI=1S/C17H25N5O3/c1-11(2)8-21-9-13(7-18-21)17(23)22-5-6-24-10-14(22)16-20-19-15(25-16)12(3)4/h7,9,11-12,14H,5-6,8,10H2,1-4H3/t14-/m1/s1. The van der Waals surface area contributed by atoms with Crippen molar-refractivity contribution in [3.63, 3.8) is 0 Å². The molecule has 1 atom stereocenters. The van der Waals surface area contributed by atoms with Crippen LogP contribution in [-0.4, -0.2) is 50.5 Å². The highest BCUT2D eigenvalue weighted by atomic mass is 16.5. The normalized spacial score (nSPS) is 18.3. The maximum atomic E-state index is 13.0. The van der Waals surface area contributed by atoms with Gasteiger partial charge in [0.15, 0.2) is 0 Å². The molecule has 2 aromatic heterocycles. The van der Waals surface area contributed by atoms with Crippen LogP contribution in [0.25, 0.3) is 0 Å². The summed E-state index contributed by atoms with van der Waals surface area (Å²) in [6, 6.07) is -0.366.